The van der Waals surface area contributed by atoms with E-state index in [4.69, 9.17) is 5.26 Å². The number of rotatable bonds is 5. The molecule has 28 heavy (non-hydrogen) atoms. The molecule has 0 spiro atoms. The molecular weight excluding hydrogens is 373 g/mol. The standard InChI is InChI=1S/C21H20FN5S/c22-19-7-3-16(4-8-19)9-10-26-11-13-27(14-12-26)21-24-20(25-28-21)18-5-1-17(15-23)2-6-18/h1-8H,9-14H2. The minimum Gasteiger partial charge on any atom is -0.344 e. The van der Waals surface area contributed by atoms with Crippen LogP contribution in [0.5, 0.6) is 0 Å². The summed E-state index contributed by atoms with van der Waals surface area (Å²) in [6.45, 7) is 4.78. The van der Waals surface area contributed by atoms with Crippen molar-refractivity contribution < 1.29 is 4.39 Å². The molecule has 1 aliphatic rings. The second-order valence-electron chi connectivity index (χ2n) is 6.79. The summed E-state index contributed by atoms with van der Waals surface area (Å²) in [6.07, 6.45) is 0.932. The van der Waals surface area contributed by atoms with E-state index in [1.807, 2.05) is 24.3 Å². The van der Waals surface area contributed by atoms with Crippen molar-refractivity contribution in [2.45, 2.75) is 6.42 Å². The molecule has 2 heterocycles. The minimum atomic E-state index is -0.185. The zero-order valence-corrected chi connectivity index (χ0v) is 16.2. The molecule has 1 fully saturated rings. The van der Waals surface area contributed by atoms with Gasteiger partial charge in [0.05, 0.1) is 11.6 Å². The Kier molecular flexibility index (Phi) is 5.60. The summed E-state index contributed by atoms with van der Waals surface area (Å²) in [5, 5.41) is 9.85. The lowest BCUT2D eigenvalue weighted by molar-refractivity contribution is 0.261. The van der Waals surface area contributed by atoms with Crippen molar-refractivity contribution in [2.75, 3.05) is 37.6 Å². The Hall–Kier alpha value is -2.82. The van der Waals surface area contributed by atoms with Gasteiger partial charge in [-0.3, -0.25) is 4.90 Å². The number of anilines is 1. The molecule has 4 rings (SSSR count). The summed E-state index contributed by atoms with van der Waals surface area (Å²) in [6, 6.07) is 16.2. The molecule has 5 nitrogen and oxygen atoms in total. The number of nitrogens with zero attached hydrogens (tertiary/aromatic N) is 5. The molecule has 0 aliphatic carbocycles. The molecule has 1 aromatic heterocycles. The van der Waals surface area contributed by atoms with Crippen LogP contribution in [0.25, 0.3) is 11.4 Å². The van der Waals surface area contributed by atoms with E-state index in [1.54, 1.807) is 12.1 Å². The fourth-order valence-corrected chi connectivity index (χ4v) is 4.00. The fourth-order valence-electron chi connectivity index (χ4n) is 3.26. The van der Waals surface area contributed by atoms with Crippen LogP contribution in [0.4, 0.5) is 9.52 Å². The molecule has 0 atom stereocenters. The highest BCUT2D eigenvalue weighted by Crippen LogP contribution is 2.25. The Bertz CT molecular complexity index is 954. The zero-order valence-electron chi connectivity index (χ0n) is 15.4. The maximum absolute atomic E-state index is 13.0. The van der Waals surface area contributed by atoms with Gasteiger partial charge in [-0.2, -0.15) is 14.6 Å². The number of halogens is 1. The van der Waals surface area contributed by atoms with E-state index in [0.717, 1.165) is 49.8 Å². The van der Waals surface area contributed by atoms with Gasteiger partial charge in [-0.05, 0) is 48.4 Å². The highest BCUT2D eigenvalue weighted by Gasteiger charge is 2.20. The number of piperazine rings is 1. The minimum absolute atomic E-state index is 0.185. The lowest BCUT2D eigenvalue weighted by atomic mass is 10.1. The summed E-state index contributed by atoms with van der Waals surface area (Å²) < 4.78 is 17.5. The topological polar surface area (TPSA) is 56.1 Å². The molecule has 0 unspecified atom stereocenters. The molecule has 1 saturated heterocycles. The number of hydrogen-bond donors (Lipinski definition) is 0. The maximum atomic E-state index is 13.0. The highest BCUT2D eigenvalue weighted by atomic mass is 32.1. The lowest BCUT2D eigenvalue weighted by Gasteiger charge is -2.34. The van der Waals surface area contributed by atoms with Crippen molar-refractivity contribution in [2.24, 2.45) is 0 Å². The first-order valence-electron chi connectivity index (χ1n) is 9.27. The van der Waals surface area contributed by atoms with Crippen LogP contribution >= 0.6 is 11.5 Å². The van der Waals surface area contributed by atoms with E-state index < -0.39 is 0 Å². The van der Waals surface area contributed by atoms with Gasteiger partial charge in [-0.1, -0.05) is 12.1 Å². The predicted molar refractivity (Wildman–Crippen MR) is 109 cm³/mol. The van der Waals surface area contributed by atoms with Crippen LogP contribution in [-0.2, 0) is 6.42 Å². The molecule has 0 bridgehead atoms. The Morgan fingerprint density at radius 1 is 1.00 bits per heavy atom. The number of aromatic nitrogens is 2. The largest absolute Gasteiger partial charge is 0.344 e. The highest BCUT2D eigenvalue weighted by molar-refractivity contribution is 7.09. The van der Waals surface area contributed by atoms with Gasteiger partial charge < -0.3 is 4.90 Å². The quantitative estimate of drug-likeness (QED) is 0.663. The van der Waals surface area contributed by atoms with Gasteiger partial charge in [0, 0.05) is 49.8 Å². The third-order valence-electron chi connectivity index (χ3n) is 4.96. The van der Waals surface area contributed by atoms with E-state index in [1.165, 1.54) is 29.2 Å². The van der Waals surface area contributed by atoms with Gasteiger partial charge in [0.1, 0.15) is 5.82 Å². The van der Waals surface area contributed by atoms with Crippen LogP contribution in [0, 0.1) is 17.1 Å². The Labute approximate surface area is 167 Å². The number of hydrogen-bond acceptors (Lipinski definition) is 6. The SMILES string of the molecule is N#Cc1ccc(-c2nsc(N3CCN(CCc4ccc(F)cc4)CC3)n2)cc1. The Balaban J connectivity index is 1.30. The summed E-state index contributed by atoms with van der Waals surface area (Å²) in [4.78, 5) is 9.39. The number of benzene rings is 2. The smallest absolute Gasteiger partial charge is 0.205 e. The summed E-state index contributed by atoms with van der Waals surface area (Å²) in [5.41, 5.74) is 2.73. The second-order valence-corrected chi connectivity index (χ2v) is 7.53. The van der Waals surface area contributed by atoms with Crippen molar-refractivity contribution in [3.63, 3.8) is 0 Å². The van der Waals surface area contributed by atoms with Crippen molar-refractivity contribution in [1.82, 2.24) is 14.3 Å². The monoisotopic (exact) mass is 393 g/mol. The van der Waals surface area contributed by atoms with E-state index in [2.05, 4.69) is 25.2 Å². The van der Waals surface area contributed by atoms with Crippen LogP contribution in [0.2, 0.25) is 0 Å². The molecule has 0 amide bonds. The molecule has 142 valence electrons. The Morgan fingerprint density at radius 3 is 2.39 bits per heavy atom. The van der Waals surface area contributed by atoms with E-state index in [-0.39, 0.29) is 5.82 Å². The van der Waals surface area contributed by atoms with Crippen LogP contribution in [0.15, 0.2) is 48.5 Å². The fraction of sp³-hybridized carbons (Fsp3) is 0.286. The van der Waals surface area contributed by atoms with Crippen molar-refractivity contribution in [3.05, 3.63) is 65.5 Å². The van der Waals surface area contributed by atoms with Gasteiger partial charge in [0.2, 0.25) is 5.13 Å². The predicted octanol–water partition coefficient (Wildman–Crippen LogP) is 3.58. The first-order valence-corrected chi connectivity index (χ1v) is 10.0. The van der Waals surface area contributed by atoms with Gasteiger partial charge >= 0.3 is 0 Å². The van der Waals surface area contributed by atoms with Crippen LogP contribution in [-0.4, -0.2) is 47.0 Å². The van der Waals surface area contributed by atoms with E-state index in [0.29, 0.717) is 11.4 Å². The van der Waals surface area contributed by atoms with E-state index in [9.17, 15) is 4.39 Å². The third-order valence-corrected chi connectivity index (χ3v) is 5.74. The van der Waals surface area contributed by atoms with Gasteiger partial charge in [0.25, 0.3) is 0 Å². The Morgan fingerprint density at radius 2 is 1.71 bits per heavy atom. The van der Waals surface area contributed by atoms with Crippen molar-refractivity contribution in [1.29, 1.82) is 5.26 Å². The summed E-state index contributed by atoms with van der Waals surface area (Å²) in [7, 11) is 0. The normalized spacial score (nSPS) is 14.8. The van der Waals surface area contributed by atoms with Gasteiger partial charge in [0.15, 0.2) is 5.82 Å². The molecule has 0 saturated carbocycles. The number of nitriles is 1. The first-order chi connectivity index (χ1) is 13.7. The third kappa shape index (κ3) is 4.35. The molecule has 0 radical (unpaired) electrons. The summed E-state index contributed by atoms with van der Waals surface area (Å²) in [5.74, 6) is 0.526. The average molecular weight is 393 g/mol. The van der Waals surface area contributed by atoms with Crippen LogP contribution in [0.1, 0.15) is 11.1 Å². The van der Waals surface area contributed by atoms with Gasteiger partial charge in [-0.25, -0.2) is 4.39 Å². The molecule has 2 aromatic carbocycles. The summed E-state index contributed by atoms with van der Waals surface area (Å²) >= 11 is 1.42. The van der Waals surface area contributed by atoms with E-state index >= 15 is 0 Å². The molecular formula is C21H20FN5S. The maximum Gasteiger partial charge on any atom is 0.205 e. The van der Waals surface area contributed by atoms with Crippen molar-refractivity contribution >= 4 is 16.7 Å². The van der Waals surface area contributed by atoms with Gasteiger partial charge in [-0.15, -0.1) is 0 Å². The average Bonchev–Trinajstić information content (AvgIpc) is 3.24. The lowest BCUT2D eigenvalue weighted by Crippen LogP contribution is -2.47. The van der Waals surface area contributed by atoms with Crippen LogP contribution < -0.4 is 4.90 Å². The molecule has 0 N–H and O–H groups in total. The molecule has 1 aliphatic heterocycles. The molecule has 3 aromatic rings. The second kappa shape index (κ2) is 8.46. The zero-order chi connectivity index (χ0) is 19.3. The van der Waals surface area contributed by atoms with Crippen LogP contribution in [0.3, 0.4) is 0 Å². The molecule has 7 heteroatoms. The first kappa shape index (κ1) is 18.5. The van der Waals surface area contributed by atoms with Crippen molar-refractivity contribution in [3.8, 4) is 17.5 Å².